The molecule has 0 atom stereocenters. The fourth-order valence-electron chi connectivity index (χ4n) is 1.99. The molecule has 1 aromatic carbocycles. The van der Waals surface area contributed by atoms with Gasteiger partial charge in [0, 0.05) is 19.3 Å². The molecular formula is C14H24N2O2S. The average Bonchev–Trinajstić information content (AvgIpc) is 2.33. The van der Waals surface area contributed by atoms with Crippen LogP contribution in [-0.4, -0.2) is 26.3 Å². The van der Waals surface area contributed by atoms with Gasteiger partial charge in [-0.05, 0) is 43.5 Å². The fourth-order valence-corrected chi connectivity index (χ4v) is 3.53. The molecule has 0 saturated carbocycles. The molecule has 0 aliphatic rings. The first kappa shape index (κ1) is 16.0. The minimum atomic E-state index is -3.44. The van der Waals surface area contributed by atoms with Crippen LogP contribution in [0.4, 0.5) is 5.69 Å². The van der Waals surface area contributed by atoms with Crippen molar-refractivity contribution in [1.82, 2.24) is 4.31 Å². The summed E-state index contributed by atoms with van der Waals surface area (Å²) in [6.45, 7) is 6.34. The maximum atomic E-state index is 12.5. The molecule has 0 aliphatic heterocycles. The van der Waals surface area contributed by atoms with Crippen LogP contribution < -0.4 is 5.73 Å². The van der Waals surface area contributed by atoms with Gasteiger partial charge in [0.05, 0.1) is 4.90 Å². The van der Waals surface area contributed by atoms with Crippen LogP contribution in [-0.2, 0) is 10.0 Å². The molecule has 19 heavy (non-hydrogen) atoms. The van der Waals surface area contributed by atoms with E-state index in [1.54, 1.807) is 19.2 Å². The number of anilines is 1. The van der Waals surface area contributed by atoms with Crippen molar-refractivity contribution in [3.05, 3.63) is 23.3 Å². The van der Waals surface area contributed by atoms with Crippen molar-refractivity contribution in [3.63, 3.8) is 0 Å². The standard InChI is InChI=1S/C14H24N2O2S/c1-5-6-7-8-16(4)19(17,18)14-10-13(15)9-11(2)12(14)3/h9-10H,5-8,15H2,1-4H3. The topological polar surface area (TPSA) is 63.4 Å². The van der Waals surface area contributed by atoms with Crippen LogP contribution in [0.5, 0.6) is 0 Å². The van der Waals surface area contributed by atoms with Gasteiger partial charge >= 0.3 is 0 Å². The van der Waals surface area contributed by atoms with Gasteiger partial charge in [0.1, 0.15) is 0 Å². The Labute approximate surface area is 116 Å². The van der Waals surface area contributed by atoms with Crippen molar-refractivity contribution in [3.8, 4) is 0 Å². The molecule has 108 valence electrons. The van der Waals surface area contributed by atoms with E-state index < -0.39 is 10.0 Å². The van der Waals surface area contributed by atoms with Gasteiger partial charge in [0.2, 0.25) is 10.0 Å². The number of hydrogen-bond acceptors (Lipinski definition) is 3. The molecule has 0 saturated heterocycles. The lowest BCUT2D eigenvalue weighted by Crippen LogP contribution is -2.28. The summed E-state index contributed by atoms with van der Waals surface area (Å²) < 4.78 is 26.5. The summed E-state index contributed by atoms with van der Waals surface area (Å²) in [6, 6.07) is 3.35. The van der Waals surface area contributed by atoms with Crippen molar-refractivity contribution in [1.29, 1.82) is 0 Å². The quantitative estimate of drug-likeness (QED) is 0.645. The summed E-state index contributed by atoms with van der Waals surface area (Å²) in [6.07, 6.45) is 2.99. The highest BCUT2D eigenvalue weighted by Gasteiger charge is 2.23. The monoisotopic (exact) mass is 284 g/mol. The van der Waals surface area contributed by atoms with Gasteiger partial charge in [-0.15, -0.1) is 0 Å². The van der Waals surface area contributed by atoms with Gasteiger partial charge in [0.15, 0.2) is 0 Å². The number of benzene rings is 1. The molecule has 0 bridgehead atoms. The van der Waals surface area contributed by atoms with Crippen LogP contribution in [0.2, 0.25) is 0 Å². The predicted octanol–water partition coefficient (Wildman–Crippen LogP) is 2.70. The largest absolute Gasteiger partial charge is 0.399 e. The summed E-state index contributed by atoms with van der Waals surface area (Å²) in [5, 5.41) is 0. The lowest BCUT2D eigenvalue weighted by Gasteiger charge is -2.19. The Hall–Kier alpha value is -1.07. The summed E-state index contributed by atoms with van der Waals surface area (Å²) in [5.41, 5.74) is 7.93. The zero-order valence-corrected chi connectivity index (χ0v) is 13.0. The zero-order chi connectivity index (χ0) is 14.6. The number of unbranched alkanes of at least 4 members (excludes halogenated alkanes) is 2. The third-order valence-corrected chi connectivity index (χ3v) is 5.39. The van der Waals surface area contributed by atoms with Crippen molar-refractivity contribution >= 4 is 15.7 Å². The van der Waals surface area contributed by atoms with Crippen LogP contribution in [0.1, 0.15) is 37.3 Å². The minimum absolute atomic E-state index is 0.323. The average molecular weight is 284 g/mol. The van der Waals surface area contributed by atoms with E-state index in [1.807, 2.05) is 13.8 Å². The molecule has 4 nitrogen and oxygen atoms in total. The lowest BCUT2D eigenvalue weighted by atomic mass is 10.1. The third-order valence-electron chi connectivity index (χ3n) is 3.41. The van der Waals surface area contributed by atoms with Crippen LogP contribution in [0.15, 0.2) is 17.0 Å². The minimum Gasteiger partial charge on any atom is -0.399 e. The first-order valence-electron chi connectivity index (χ1n) is 6.63. The lowest BCUT2D eigenvalue weighted by molar-refractivity contribution is 0.454. The SMILES string of the molecule is CCCCCN(C)S(=O)(=O)c1cc(N)cc(C)c1C. The van der Waals surface area contributed by atoms with E-state index in [4.69, 9.17) is 5.73 Å². The smallest absolute Gasteiger partial charge is 0.243 e. The second-order valence-electron chi connectivity index (χ2n) is 4.99. The Bertz CT molecular complexity index is 539. The predicted molar refractivity (Wildman–Crippen MR) is 79.7 cm³/mol. The molecule has 0 aromatic heterocycles. The number of aryl methyl sites for hydroxylation is 1. The molecule has 0 aliphatic carbocycles. The Balaban J connectivity index is 3.06. The summed E-state index contributed by atoms with van der Waals surface area (Å²) in [7, 11) is -1.81. The number of rotatable bonds is 6. The van der Waals surface area contributed by atoms with Crippen LogP contribution in [0.25, 0.3) is 0 Å². The molecular weight excluding hydrogens is 260 g/mol. The van der Waals surface area contributed by atoms with E-state index in [-0.39, 0.29) is 0 Å². The molecule has 0 radical (unpaired) electrons. The van der Waals surface area contributed by atoms with E-state index in [1.165, 1.54) is 4.31 Å². The van der Waals surface area contributed by atoms with Crippen molar-refractivity contribution < 1.29 is 8.42 Å². The maximum absolute atomic E-state index is 12.5. The number of sulfonamides is 1. The number of nitrogens with two attached hydrogens (primary N) is 1. The highest BCUT2D eigenvalue weighted by atomic mass is 32.2. The van der Waals surface area contributed by atoms with E-state index in [2.05, 4.69) is 6.92 Å². The second kappa shape index (κ2) is 6.39. The van der Waals surface area contributed by atoms with Crippen LogP contribution in [0, 0.1) is 13.8 Å². The van der Waals surface area contributed by atoms with Crippen LogP contribution >= 0.6 is 0 Å². The highest BCUT2D eigenvalue weighted by molar-refractivity contribution is 7.89. The van der Waals surface area contributed by atoms with Crippen molar-refractivity contribution in [2.24, 2.45) is 0 Å². The zero-order valence-electron chi connectivity index (χ0n) is 12.2. The molecule has 0 spiro atoms. The summed E-state index contributed by atoms with van der Waals surface area (Å²) >= 11 is 0. The van der Waals surface area contributed by atoms with Crippen LogP contribution in [0.3, 0.4) is 0 Å². The van der Waals surface area contributed by atoms with E-state index in [0.717, 1.165) is 30.4 Å². The Kier molecular flexibility index (Phi) is 5.38. The van der Waals surface area contributed by atoms with Gasteiger partial charge in [-0.25, -0.2) is 12.7 Å². The van der Waals surface area contributed by atoms with E-state index in [0.29, 0.717) is 17.1 Å². The van der Waals surface area contributed by atoms with Gasteiger partial charge in [-0.1, -0.05) is 19.8 Å². The molecule has 1 aromatic rings. The maximum Gasteiger partial charge on any atom is 0.243 e. The third kappa shape index (κ3) is 3.70. The van der Waals surface area contributed by atoms with Gasteiger partial charge in [-0.3, -0.25) is 0 Å². The van der Waals surface area contributed by atoms with Crippen molar-refractivity contribution in [2.75, 3.05) is 19.3 Å². The summed E-state index contributed by atoms with van der Waals surface area (Å²) in [5.74, 6) is 0. The molecule has 0 amide bonds. The highest BCUT2D eigenvalue weighted by Crippen LogP contribution is 2.24. The normalized spacial score (nSPS) is 12.1. The summed E-state index contributed by atoms with van der Waals surface area (Å²) in [4.78, 5) is 0.323. The van der Waals surface area contributed by atoms with Gasteiger partial charge in [0.25, 0.3) is 0 Å². The number of hydrogen-bond donors (Lipinski definition) is 1. The molecule has 0 unspecified atom stereocenters. The first-order valence-corrected chi connectivity index (χ1v) is 8.07. The molecule has 0 fully saturated rings. The number of nitrogen functional groups attached to an aromatic ring is 1. The van der Waals surface area contributed by atoms with Gasteiger partial charge < -0.3 is 5.73 Å². The van der Waals surface area contributed by atoms with E-state index in [9.17, 15) is 8.42 Å². The molecule has 1 rings (SSSR count). The molecule has 0 heterocycles. The Morgan fingerprint density at radius 1 is 1.21 bits per heavy atom. The second-order valence-corrected chi connectivity index (χ2v) is 7.01. The fraction of sp³-hybridized carbons (Fsp3) is 0.571. The Morgan fingerprint density at radius 2 is 1.84 bits per heavy atom. The van der Waals surface area contributed by atoms with Gasteiger partial charge in [-0.2, -0.15) is 0 Å². The first-order chi connectivity index (χ1) is 8.80. The Morgan fingerprint density at radius 3 is 2.42 bits per heavy atom. The van der Waals surface area contributed by atoms with Crippen molar-refractivity contribution in [2.45, 2.75) is 44.9 Å². The molecule has 2 N–H and O–H groups in total. The molecule has 5 heteroatoms. The van der Waals surface area contributed by atoms with E-state index >= 15 is 0 Å². The number of nitrogens with zero attached hydrogens (tertiary/aromatic N) is 1.